The van der Waals surface area contributed by atoms with Crippen LogP contribution in [0.1, 0.15) is 56.1 Å². The third-order valence-corrected chi connectivity index (χ3v) is 5.73. The molecule has 0 aromatic heterocycles. The van der Waals surface area contributed by atoms with Crippen LogP contribution in [0.4, 0.5) is 0 Å². The molecule has 0 spiro atoms. The molecule has 0 radical (unpaired) electrons. The van der Waals surface area contributed by atoms with Crippen LogP contribution in [0.25, 0.3) is 0 Å². The van der Waals surface area contributed by atoms with Crippen molar-refractivity contribution in [1.82, 2.24) is 4.90 Å². The number of nitrogens with zero attached hydrogens (tertiary/aromatic N) is 1. The van der Waals surface area contributed by atoms with Gasteiger partial charge in [0.25, 0.3) is 0 Å². The van der Waals surface area contributed by atoms with Gasteiger partial charge in [0.1, 0.15) is 0 Å². The van der Waals surface area contributed by atoms with Crippen LogP contribution in [0, 0.1) is 0 Å². The molecule has 1 aromatic carbocycles. The molecule has 1 saturated carbocycles. The molecule has 1 aliphatic heterocycles. The van der Waals surface area contributed by atoms with Gasteiger partial charge in [0, 0.05) is 13.1 Å². The number of rotatable bonds is 7. The molecule has 1 saturated heterocycles. The van der Waals surface area contributed by atoms with E-state index in [1.807, 2.05) is 0 Å². The van der Waals surface area contributed by atoms with Crippen LogP contribution in [0.3, 0.4) is 0 Å². The van der Waals surface area contributed by atoms with E-state index in [0.717, 1.165) is 58.4 Å². The summed E-state index contributed by atoms with van der Waals surface area (Å²) in [7, 11) is 0. The summed E-state index contributed by atoms with van der Waals surface area (Å²) < 4.78 is 5.39. The van der Waals surface area contributed by atoms with Crippen LogP contribution in [0.15, 0.2) is 24.3 Å². The smallest absolute Gasteiger partial charge is 0.0651 e. The van der Waals surface area contributed by atoms with Gasteiger partial charge in [-0.05, 0) is 56.2 Å². The van der Waals surface area contributed by atoms with E-state index in [-0.39, 0.29) is 12.4 Å². The lowest BCUT2D eigenvalue weighted by Crippen LogP contribution is -2.36. The second-order valence-corrected chi connectivity index (χ2v) is 7.66. The summed E-state index contributed by atoms with van der Waals surface area (Å²) >= 11 is 0. The van der Waals surface area contributed by atoms with Crippen molar-refractivity contribution < 1.29 is 9.84 Å². The monoisotopic (exact) mass is 367 g/mol. The summed E-state index contributed by atoms with van der Waals surface area (Å²) in [6, 6.07) is 9.08. The lowest BCUT2D eigenvalue weighted by atomic mass is 9.81. The maximum Gasteiger partial charge on any atom is 0.0651 e. The van der Waals surface area contributed by atoms with Gasteiger partial charge in [-0.15, -0.1) is 12.4 Å². The molecule has 1 N–H and O–H groups in total. The molecular formula is C21H34ClNO2. The number of hydrogen-bond acceptors (Lipinski definition) is 3. The van der Waals surface area contributed by atoms with Crippen molar-refractivity contribution in [3.05, 3.63) is 35.4 Å². The number of benzene rings is 1. The quantitative estimate of drug-likeness (QED) is 0.790. The lowest BCUT2D eigenvalue weighted by molar-refractivity contribution is -0.00341. The topological polar surface area (TPSA) is 32.7 Å². The minimum atomic E-state index is -0.394. The second-order valence-electron chi connectivity index (χ2n) is 7.66. The van der Waals surface area contributed by atoms with Gasteiger partial charge in [0.2, 0.25) is 0 Å². The Kier molecular flexibility index (Phi) is 8.71. The largest absolute Gasteiger partial charge is 0.390 e. The molecule has 1 aliphatic carbocycles. The predicted molar refractivity (Wildman–Crippen MR) is 106 cm³/mol. The highest BCUT2D eigenvalue weighted by atomic mass is 35.5. The van der Waals surface area contributed by atoms with Crippen LogP contribution in [0.5, 0.6) is 0 Å². The summed E-state index contributed by atoms with van der Waals surface area (Å²) in [4.78, 5) is 2.50. The molecule has 0 bridgehead atoms. The fourth-order valence-corrected chi connectivity index (χ4v) is 4.04. The zero-order valence-corrected chi connectivity index (χ0v) is 16.2. The normalized spacial score (nSPS) is 20.8. The van der Waals surface area contributed by atoms with E-state index in [4.69, 9.17) is 4.74 Å². The number of morpholine rings is 1. The summed E-state index contributed by atoms with van der Waals surface area (Å²) in [6.45, 7) is 5.13. The Hall–Kier alpha value is -0.610. The van der Waals surface area contributed by atoms with Crippen molar-refractivity contribution in [3.63, 3.8) is 0 Å². The number of aryl methyl sites for hydroxylation is 2. The van der Waals surface area contributed by atoms with Gasteiger partial charge < -0.3 is 9.84 Å². The van der Waals surface area contributed by atoms with Crippen molar-refractivity contribution in [1.29, 1.82) is 0 Å². The van der Waals surface area contributed by atoms with E-state index in [9.17, 15) is 5.11 Å². The molecule has 1 heterocycles. The molecule has 3 rings (SSSR count). The first-order valence-electron chi connectivity index (χ1n) is 9.84. The van der Waals surface area contributed by atoms with Crippen molar-refractivity contribution in [2.75, 3.05) is 32.8 Å². The molecule has 0 atom stereocenters. The van der Waals surface area contributed by atoms with Crippen LogP contribution < -0.4 is 0 Å². The third kappa shape index (κ3) is 6.90. The first-order chi connectivity index (χ1) is 11.7. The van der Waals surface area contributed by atoms with Gasteiger partial charge in [-0.25, -0.2) is 0 Å². The summed E-state index contributed by atoms with van der Waals surface area (Å²) in [5.41, 5.74) is 2.41. The highest BCUT2D eigenvalue weighted by Crippen LogP contribution is 2.31. The number of hydrogen-bond donors (Lipinski definition) is 1. The molecule has 25 heavy (non-hydrogen) atoms. The Bertz CT molecular complexity index is 479. The average Bonchev–Trinajstić information content (AvgIpc) is 2.63. The zero-order valence-electron chi connectivity index (χ0n) is 15.4. The summed E-state index contributed by atoms with van der Waals surface area (Å²) in [6.07, 6.45) is 9.96. The molecule has 3 nitrogen and oxygen atoms in total. The minimum Gasteiger partial charge on any atom is -0.390 e. The maximum absolute atomic E-state index is 10.6. The van der Waals surface area contributed by atoms with Crippen LogP contribution >= 0.6 is 12.4 Å². The summed E-state index contributed by atoms with van der Waals surface area (Å²) in [5, 5.41) is 10.6. The number of aliphatic hydroxyl groups is 1. The Morgan fingerprint density at radius 1 is 0.920 bits per heavy atom. The molecule has 0 unspecified atom stereocenters. The molecular weight excluding hydrogens is 334 g/mol. The number of halogens is 1. The maximum atomic E-state index is 10.6. The van der Waals surface area contributed by atoms with Gasteiger partial charge in [0.15, 0.2) is 0 Å². The van der Waals surface area contributed by atoms with Gasteiger partial charge in [0.05, 0.1) is 18.8 Å². The minimum absolute atomic E-state index is 0. The standard InChI is InChI=1S/C21H33NO2.ClH/c23-21(11-2-1-3-12-21)13-10-20-8-6-19(7-9-20)5-4-14-22-15-17-24-18-16-22;/h6-9,23H,1-5,10-18H2;1H. The fourth-order valence-electron chi connectivity index (χ4n) is 4.04. The van der Waals surface area contributed by atoms with Crippen LogP contribution in [-0.2, 0) is 17.6 Å². The lowest BCUT2D eigenvalue weighted by Gasteiger charge is -2.32. The second kappa shape index (κ2) is 10.5. The fraction of sp³-hybridized carbons (Fsp3) is 0.714. The van der Waals surface area contributed by atoms with Gasteiger partial charge in [-0.3, -0.25) is 4.90 Å². The highest BCUT2D eigenvalue weighted by Gasteiger charge is 2.28. The molecule has 2 aliphatic rings. The SMILES string of the molecule is Cl.OC1(CCc2ccc(CCCN3CCOCC3)cc2)CCCCC1. The third-order valence-electron chi connectivity index (χ3n) is 5.73. The Morgan fingerprint density at radius 2 is 1.52 bits per heavy atom. The average molecular weight is 368 g/mol. The van der Waals surface area contributed by atoms with E-state index in [0.29, 0.717) is 0 Å². The van der Waals surface area contributed by atoms with Crippen LogP contribution in [0.2, 0.25) is 0 Å². The van der Waals surface area contributed by atoms with E-state index in [2.05, 4.69) is 29.2 Å². The molecule has 1 aromatic rings. The zero-order chi connectivity index (χ0) is 16.7. The van der Waals surface area contributed by atoms with E-state index in [1.54, 1.807) is 0 Å². The van der Waals surface area contributed by atoms with Crippen molar-refractivity contribution in [2.24, 2.45) is 0 Å². The van der Waals surface area contributed by atoms with Gasteiger partial charge >= 0.3 is 0 Å². The molecule has 4 heteroatoms. The first-order valence-corrected chi connectivity index (χ1v) is 9.84. The Balaban J connectivity index is 0.00000225. The molecule has 142 valence electrons. The van der Waals surface area contributed by atoms with Crippen molar-refractivity contribution in [3.8, 4) is 0 Å². The van der Waals surface area contributed by atoms with Gasteiger partial charge in [-0.2, -0.15) is 0 Å². The van der Waals surface area contributed by atoms with E-state index < -0.39 is 5.60 Å². The Morgan fingerprint density at radius 3 is 2.16 bits per heavy atom. The Labute approximate surface area is 159 Å². The van der Waals surface area contributed by atoms with E-state index >= 15 is 0 Å². The first kappa shape index (κ1) is 20.7. The van der Waals surface area contributed by atoms with Crippen molar-refractivity contribution >= 4 is 12.4 Å². The molecule has 2 fully saturated rings. The van der Waals surface area contributed by atoms with Gasteiger partial charge in [-0.1, -0.05) is 43.5 Å². The molecule has 0 amide bonds. The predicted octanol–water partition coefficient (Wildman–Crippen LogP) is 4.00. The van der Waals surface area contributed by atoms with Crippen LogP contribution in [-0.4, -0.2) is 48.5 Å². The highest BCUT2D eigenvalue weighted by molar-refractivity contribution is 5.85. The number of ether oxygens (including phenoxy) is 1. The summed E-state index contributed by atoms with van der Waals surface area (Å²) in [5.74, 6) is 0. The van der Waals surface area contributed by atoms with Crippen molar-refractivity contribution in [2.45, 2.75) is 63.4 Å². The van der Waals surface area contributed by atoms with E-state index in [1.165, 1.54) is 43.4 Å².